The van der Waals surface area contributed by atoms with Gasteiger partial charge in [0.1, 0.15) is 0 Å². The topological polar surface area (TPSA) is 114 Å². The molecule has 2 aromatic heterocycles. The summed E-state index contributed by atoms with van der Waals surface area (Å²) in [6.07, 6.45) is 0. The molecule has 0 aliphatic heterocycles. The van der Waals surface area contributed by atoms with E-state index in [1.54, 1.807) is 24.9 Å². The van der Waals surface area contributed by atoms with Crippen LogP contribution in [-0.4, -0.2) is 45.5 Å². The Morgan fingerprint density at radius 2 is 2.00 bits per heavy atom. The lowest BCUT2D eigenvalue weighted by atomic mass is 9.93. The minimum atomic E-state index is -0.600. The molecule has 3 N–H and O–H groups in total. The number of aromatic nitrogens is 3. The van der Waals surface area contributed by atoms with E-state index in [2.05, 4.69) is 9.97 Å². The van der Waals surface area contributed by atoms with E-state index in [9.17, 15) is 14.4 Å². The molecule has 148 valence electrons. The molecule has 0 saturated heterocycles. The van der Waals surface area contributed by atoms with Gasteiger partial charge in [-0.1, -0.05) is 27.7 Å². The van der Waals surface area contributed by atoms with E-state index >= 15 is 0 Å². The molecule has 0 radical (unpaired) electrons. The molecule has 2 rings (SSSR count). The van der Waals surface area contributed by atoms with Gasteiger partial charge in [-0.15, -0.1) is 0 Å². The number of fused-ring (bicyclic) bond motifs is 1. The molecule has 0 aliphatic rings. The predicted octanol–water partition coefficient (Wildman–Crippen LogP) is 1.29. The number of pyridine rings is 1. The fourth-order valence-corrected chi connectivity index (χ4v) is 3.04. The number of H-pyrrole nitrogens is 1. The number of hydrogen-bond acceptors (Lipinski definition) is 5. The van der Waals surface area contributed by atoms with Crippen LogP contribution in [0.25, 0.3) is 11.0 Å². The van der Waals surface area contributed by atoms with E-state index in [1.165, 1.54) is 4.57 Å². The van der Waals surface area contributed by atoms with Crippen LogP contribution in [0.3, 0.4) is 0 Å². The van der Waals surface area contributed by atoms with Crippen LogP contribution < -0.4 is 17.0 Å². The third-order valence-electron chi connectivity index (χ3n) is 4.67. The number of amides is 1. The second kappa shape index (κ2) is 7.64. The van der Waals surface area contributed by atoms with Crippen molar-refractivity contribution in [3.8, 4) is 0 Å². The first-order valence-electron chi connectivity index (χ1n) is 9.15. The van der Waals surface area contributed by atoms with Gasteiger partial charge < -0.3 is 10.6 Å². The van der Waals surface area contributed by atoms with Crippen molar-refractivity contribution >= 4 is 16.9 Å². The van der Waals surface area contributed by atoms with Gasteiger partial charge in [0, 0.05) is 25.8 Å². The molecule has 27 heavy (non-hydrogen) atoms. The van der Waals surface area contributed by atoms with Crippen LogP contribution in [0.4, 0.5) is 0 Å². The monoisotopic (exact) mass is 375 g/mol. The zero-order valence-electron chi connectivity index (χ0n) is 16.9. The van der Waals surface area contributed by atoms with Gasteiger partial charge in [0.05, 0.1) is 10.9 Å². The van der Waals surface area contributed by atoms with Crippen molar-refractivity contribution in [2.24, 2.45) is 11.1 Å². The van der Waals surface area contributed by atoms with Crippen molar-refractivity contribution in [3.63, 3.8) is 0 Å². The Morgan fingerprint density at radius 1 is 1.37 bits per heavy atom. The van der Waals surface area contributed by atoms with Crippen LogP contribution in [0.2, 0.25) is 0 Å². The van der Waals surface area contributed by atoms with Gasteiger partial charge in [-0.05, 0) is 30.9 Å². The number of carbonyl (C=O) groups excluding carboxylic acids is 1. The van der Waals surface area contributed by atoms with E-state index < -0.39 is 11.2 Å². The van der Waals surface area contributed by atoms with Gasteiger partial charge >= 0.3 is 5.69 Å². The highest BCUT2D eigenvalue weighted by atomic mass is 16.2. The molecule has 0 unspecified atom stereocenters. The number of carbonyl (C=O) groups is 1. The van der Waals surface area contributed by atoms with Crippen LogP contribution >= 0.6 is 0 Å². The van der Waals surface area contributed by atoms with Crippen molar-refractivity contribution in [1.82, 2.24) is 19.4 Å². The molecular formula is C19H29N5O3. The number of aryl methyl sites for hydroxylation is 1. The number of rotatable bonds is 6. The minimum Gasteiger partial charge on any atom is -0.341 e. The first-order chi connectivity index (χ1) is 12.5. The minimum absolute atomic E-state index is 0.0337. The highest BCUT2D eigenvalue weighted by Gasteiger charge is 2.26. The molecule has 0 fully saturated rings. The van der Waals surface area contributed by atoms with Gasteiger partial charge in [-0.25, -0.2) is 9.78 Å². The van der Waals surface area contributed by atoms with E-state index in [4.69, 9.17) is 5.73 Å². The third-order valence-corrected chi connectivity index (χ3v) is 4.67. The molecule has 2 aromatic rings. The maximum Gasteiger partial charge on any atom is 0.329 e. The first kappa shape index (κ1) is 20.8. The van der Waals surface area contributed by atoms with Crippen LogP contribution in [0.1, 0.15) is 56.6 Å². The molecule has 0 saturated carbocycles. The van der Waals surface area contributed by atoms with Crippen molar-refractivity contribution in [2.75, 3.05) is 20.1 Å². The Balaban J connectivity index is 2.77. The number of nitrogens with one attached hydrogen (secondary N) is 1. The molecule has 2 heterocycles. The van der Waals surface area contributed by atoms with Crippen molar-refractivity contribution in [1.29, 1.82) is 0 Å². The smallest absolute Gasteiger partial charge is 0.329 e. The summed E-state index contributed by atoms with van der Waals surface area (Å²) >= 11 is 0. The van der Waals surface area contributed by atoms with Gasteiger partial charge in [-0.2, -0.15) is 0 Å². The number of hydrogen-bond donors (Lipinski definition) is 2. The van der Waals surface area contributed by atoms with Gasteiger partial charge in [0.2, 0.25) is 0 Å². The summed E-state index contributed by atoms with van der Waals surface area (Å²) in [7, 11) is 1.69. The zero-order chi connectivity index (χ0) is 20.5. The van der Waals surface area contributed by atoms with E-state index in [0.29, 0.717) is 25.3 Å². The lowest BCUT2D eigenvalue weighted by molar-refractivity contribution is 0.0742. The van der Waals surface area contributed by atoms with Gasteiger partial charge in [0.15, 0.2) is 5.65 Å². The van der Waals surface area contributed by atoms with Crippen molar-refractivity contribution in [3.05, 3.63) is 38.2 Å². The lowest BCUT2D eigenvalue weighted by Crippen LogP contribution is -2.40. The Labute approximate surface area is 158 Å². The summed E-state index contributed by atoms with van der Waals surface area (Å²) in [5.74, 6) is -0.260. The summed E-state index contributed by atoms with van der Waals surface area (Å²) in [6, 6.07) is 1.65. The predicted molar refractivity (Wildman–Crippen MR) is 106 cm³/mol. The standard InChI is InChI=1S/C19H29N5O3/c1-7-24-15-14(16(25)22-18(24)27)12(8-13(21-15)11(2)3)17(26)23(6)10-19(4,5)9-20/h8,11H,7,9-10,20H2,1-6H3,(H,22,25,27). The maximum absolute atomic E-state index is 13.2. The second-order valence-corrected chi connectivity index (χ2v) is 7.98. The Kier molecular flexibility index (Phi) is 5.89. The second-order valence-electron chi connectivity index (χ2n) is 7.98. The normalized spacial score (nSPS) is 12.0. The first-order valence-corrected chi connectivity index (χ1v) is 9.15. The maximum atomic E-state index is 13.2. The summed E-state index contributed by atoms with van der Waals surface area (Å²) < 4.78 is 1.38. The lowest BCUT2D eigenvalue weighted by Gasteiger charge is -2.29. The quantitative estimate of drug-likeness (QED) is 0.789. The van der Waals surface area contributed by atoms with E-state index in [-0.39, 0.29) is 33.8 Å². The number of aromatic amines is 1. The molecular weight excluding hydrogens is 346 g/mol. The fourth-order valence-electron chi connectivity index (χ4n) is 3.04. The van der Waals surface area contributed by atoms with E-state index in [1.807, 2.05) is 27.7 Å². The molecule has 0 aromatic carbocycles. The van der Waals surface area contributed by atoms with E-state index in [0.717, 1.165) is 0 Å². The van der Waals surface area contributed by atoms with Gasteiger partial charge in [0.25, 0.3) is 11.5 Å². The largest absolute Gasteiger partial charge is 0.341 e. The fraction of sp³-hybridized carbons (Fsp3) is 0.579. The Bertz CT molecular complexity index is 972. The average Bonchev–Trinajstić information content (AvgIpc) is 2.59. The zero-order valence-corrected chi connectivity index (χ0v) is 16.9. The summed E-state index contributed by atoms with van der Waals surface area (Å²) in [6.45, 7) is 10.8. The molecule has 8 heteroatoms. The molecule has 0 bridgehead atoms. The van der Waals surface area contributed by atoms with Gasteiger partial charge in [-0.3, -0.25) is 19.1 Å². The summed E-state index contributed by atoms with van der Waals surface area (Å²) in [5.41, 5.74) is 5.55. The molecule has 8 nitrogen and oxygen atoms in total. The molecule has 0 aliphatic carbocycles. The number of nitrogens with zero attached hydrogens (tertiary/aromatic N) is 3. The SMILES string of the molecule is CCn1c(=O)[nH]c(=O)c2c(C(=O)N(C)CC(C)(C)CN)cc(C(C)C)nc21. The Morgan fingerprint density at radius 3 is 2.52 bits per heavy atom. The third kappa shape index (κ3) is 4.10. The van der Waals surface area contributed by atoms with Crippen LogP contribution in [0, 0.1) is 5.41 Å². The van der Waals surface area contributed by atoms with Crippen molar-refractivity contribution < 1.29 is 4.79 Å². The molecule has 1 amide bonds. The number of nitrogens with two attached hydrogens (primary N) is 1. The average molecular weight is 375 g/mol. The molecule has 0 spiro atoms. The molecule has 0 atom stereocenters. The summed E-state index contributed by atoms with van der Waals surface area (Å²) in [4.78, 5) is 46.3. The van der Waals surface area contributed by atoms with Crippen LogP contribution in [0.15, 0.2) is 15.7 Å². The van der Waals surface area contributed by atoms with Crippen molar-refractivity contribution in [2.45, 2.75) is 47.1 Å². The summed E-state index contributed by atoms with van der Waals surface area (Å²) in [5, 5.41) is 0.142. The van der Waals surface area contributed by atoms with Crippen LogP contribution in [-0.2, 0) is 6.54 Å². The van der Waals surface area contributed by atoms with Crippen LogP contribution in [0.5, 0.6) is 0 Å². The highest BCUT2D eigenvalue weighted by Crippen LogP contribution is 2.22. The highest BCUT2D eigenvalue weighted by molar-refractivity contribution is 6.05. The Hall–Kier alpha value is -2.48.